The van der Waals surface area contributed by atoms with Crippen molar-refractivity contribution >= 4 is 22.6 Å². The Labute approximate surface area is 87.3 Å². The zero-order valence-corrected chi connectivity index (χ0v) is 9.01. The zero-order valence-electron chi connectivity index (χ0n) is 8.19. The molecular formula is C9H12N4S. The maximum atomic E-state index is 4.53. The number of thioether (sulfide) groups is 1. The molecule has 0 spiro atoms. The van der Waals surface area contributed by atoms with Gasteiger partial charge in [-0.25, -0.2) is 9.97 Å². The van der Waals surface area contributed by atoms with Gasteiger partial charge in [0.2, 0.25) is 0 Å². The summed E-state index contributed by atoms with van der Waals surface area (Å²) in [6.45, 7) is 4.24. The number of anilines is 1. The van der Waals surface area contributed by atoms with Crippen molar-refractivity contribution in [2.75, 3.05) is 11.1 Å². The molecule has 4 nitrogen and oxygen atoms in total. The van der Waals surface area contributed by atoms with Crippen molar-refractivity contribution in [2.24, 2.45) is 4.99 Å². The summed E-state index contributed by atoms with van der Waals surface area (Å²) in [6.07, 6.45) is 4.99. The lowest BCUT2D eigenvalue weighted by Crippen LogP contribution is -2.15. The number of rotatable bonds is 1. The van der Waals surface area contributed by atoms with Gasteiger partial charge < -0.3 is 5.32 Å². The average molecular weight is 208 g/mol. The second-order valence-corrected chi connectivity index (χ2v) is 4.73. The third kappa shape index (κ3) is 2.23. The molecule has 0 unspecified atom stereocenters. The van der Waals surface area contributed by atoms with Crippen LogP contribution in [0.15, 0.2) is 23.7 Å². The molecule has 2 rings (SSSR count). The van der Waals surface area contributed by atoms with Crippen LogP contribution in [0.25, 0.3) is 0 Å². The molecule has 0 bridgehead atoms. The highest BCUT2D eigenvalue weighted by molar-refractivity contribution is 8.14. The summed E-state index contributed by atoms with van der Waals surface area (Å²) in [6, 6.07) is 0. The summed E-state index contributed by atoms with van der Waals surface area (Å²) in [5.74, 6) is 1.02. The van der Waals surface area contributed by atoms with E-state index in [0.29, 0.717) is 0 Å². The van der Waals surface area contributed by atoms with Gasteiger partial charge in [0.15, 0.2) is 5.17 Å². The van der Waals surface area contributed by atoms with Crippen molar-refractivity contribution in [3.8, 4) is 0 Å². The molecule has 1 aromatic heterocycles. The van der Waals surface area contributed by atoms with Gasteiger partial charge in [0.1, 0.15) is 6.33 Å². The molecule has 2 heterocycles. The summed E-state index contributed by atoms with van der Waals surface area (Å²) >= 11 is 1.73. The summed E-state index contributed by atoms with van der Waals surface area (Å²) in [5, 5.41) is 4.13. The smallest absolute Gasteiger partial charge is 0.161 e. The van der Waals surface area contributed by atoms with Gasteiger partial charge in [-0.05, 0) is 13.8 Å². The molecule has 0 fully saturated rings. The Balaban J connectivity index is 2.07. The average Bonchev–Trinajstić information content (AvgIpc) is 2.47. The maximum absolute atomic E-state index is 4.53. The highest BCUT2D eigenvalue weighted by atomic mass is 32.2. The van der Waals surface area contributed by atoms with E-state index >= 15 is 0 Å². The number of amidine groups is 1. The van der Waals surface area contributed by atoms with E-state index in [1.807, 2.05) is 0 Å². The Hall–Kier alpha value is -1.10. The number of aromatic nitrogens is 2. The predicted octanol–water partition coefficient (Wildman–Crippen LogP) is 1.77. The minimum atomic E-state index is 0.0443. The van der Waals surface area contributed by atoms with E-state index < -0.39 is 0 Å². The Bertz CT molecular complexity index is 347. The summed E-state index contributed by atoms with van der Waals surface area (Å²) in [5.41, 5.74) is 0.930. The molecular weight excluding hydrogens is 196 g/mol. The first-order valence-electron chi connectivity index (χ1n) is 4.40. The Morgan fingerprint density at radius 3 is 2.64 bits per heavy atom. The summed E-state index contributed by atoms with van der Waals surface area (Å²) in [4.78, 5) is 12.4. The lowest BCUT2D eigenvalue weighted by Gasteiger charge is -2.09. The lowest BCUT2D eigenvalue weighted by molar-refractivity contribution is 0.605. The van der Waals surface area contributed by atoms with Crippen LogP contribution < -0.4 is 5.32 Å². The van der Waals surface area contributed by atoms with Gasteiger partial charge in [0.25, 0.3) is 0 Å². The largest absolute Gasteiger partial charge is 0.332 e. The van der Waals surface area contributed by atoms with Crippen LogP contribution in [-0.2, 0) is 0 Å². The molecule has 5 heteroatoms. The van der Waals surface area contributed by atoms with Crippen LogP contribution in [0.4, 0.5) is 5.69 Å². The molecule has 1 aliphatic heterocycles. The van der Waals surface area contributed by atoms with E-state index in [1.165, 1.54) is 6.33 Å². The Kier molecular flexibility index (Phi) is 2.41. The van der Waals surface area contributed by atoms with Crippen molar-refractivity contribution < 1.29 is 0 Å². The van der Waals surface area contributed by atoms with Gasteiger partial charge in [-0.3, -0.25) is 4.99 Å². The topological polar surface area (TPSA) is 50.2 Å². The lowest BCUT2D eigenvalue weighted by atomic mass is 10.1. The van der Waals surface area contributed by atoms with E-state index in [-0.39, 0.29) is 5.54 Å². The first kappa shape index (κ1) is 9.45. The van der Waals surface area contributed by atoms with Gasteiger partial charge >= 0.3 is 0 Å². The molecule has 1 aromatic rings. The number of hydrogen-bond donors (Lipinski definition) is 1. The van der Waals surface area contributed by atoms with E-state index in [1.54, 1.807) is 24.2 Å². The predicted molar refractivity (Wildman–Crippen MR) is 59.6 cm³/mol. The number of nitrogens with zero attached hydrogens (tertiary/aromatic N) is 3. The van der Waals surface area contributed by atoms with Crippen molar-refractivity contribution in [3.05, 3.63) is 18.7 Å². The number of hydrogen-bond acceptors (Lipinski definition) is 5. The quantitative estimate of drug-likeness (QED) is 0.764. The molecule has 0 saturated heterocycles. The fraction of sp³-hybridized carbons (Fsp3) is 0.444. The molecule has 0 atom stereocenters. The van der Waals surface area contributed by atoms with Crippen molar-refractivity contribution in [1.29, 1.82) is 0 Å². The summed E-state index contributed by atoms with van der Waals surface area (Å²) in [7, 11) is 0. The third-order valence-corrected chi connectivity index (χ3v) is 3.10. The normalized spacial score (nSPS) is 19.1. The first-order valence-corrected chi connectivity index (χ1v) is 5.39. The minimum Gasteiger partial charge on any atom is -0.332 e. The Morgan fingerprint density at radius 1 is 1.36 bits per heavy atom. The SMILES string of the molecule is CC1(C)CSC(Nc2cncnc2)=N1. The Morgan fingerprint density at radius 2 is 2.07 bits per heavy atom. The van der Waals surface area contributed by atoms with E-state index in [9.17, 15) is 0 Å². The molecule has 1 N–H and O–H groups in total. The number of aliphatic imine (C=N–C) groups is 1. The molecule has 0 aromatic carbocycles. The van der Waals surface area contributed by atoms with Crippen LogP contribution in [0, 0.1) is 0 Å². The molecule has 1 aliphatic rings. The fourth-order valence-corrected chi connectivity index (χ4v) is 2.19. The molecule has 0 aliphatic carbocycles. The van der Waals surface area contributed by atoms with E-state index in [4.69, 9.17) is 0 Å². The van der Waals surface area contributed by atoms with Gasteiger partial charge in [0, 0.05) is 5.75 Å². The van der Waals surface area contributed by atoms with Crippen LogP contribution in [0.3, 0.4) is 0 Å². The third-order valence-electron chi connectivity index (χ3n) is 1.78. The molecule has 0 saturated carbocycles. The van der Waals surface area contributed by atoms with E-state index in [0.717, 1.165) is 16.6 Å². The van der Waals surface area contributed by atoms with Gasteiger partial charge in [-0.1, -0.05) is 11.8 Å². The van der Waals surface area contributed by atoms with Crippen molar-refractivity contribution in [1.82, 2.24) is 9.97 Å². The number of nitrogens with one attached hydrogen (secondary N) is 1. The highest BCUT2D eigenvalue weighted by Gasteiger charge is 2.25. The summed E-state index contributed by atoms with van der Waals surface area (Å²) < 4.78 is 0. The maximum Gasteiger partial charge on any atom is 0.161 e. The molecule has 0 amide bonds. The van der Waals surface area contributed by atoms with E-state index in [2.05, 4.69) is 34.1 Å². The second kappa shape index (κ2) is 3.57. The molecule has 14 heavy (non-hydrogen) atoms. The molecule has 74 valence electrons. The van der Waals surface area contributed by atoms with Gasteiger partial charge in [-0.2, -0.15) is 0 Å². The van der Waals surface area contributed by atoms with Gasteiger partial charge in [0.05, 0.1) is 23.6 Å². The minimum absolute atomic E-state index is 0.0443. The fourth-order valence-electron chi connectivity index (χ4n) is 1.14. The van der Waals surface area contributed by atoms with Crippen molar-refractivity contribution in [2.45, 2.75) is 19.4 Å². The molecule has 0 radical (unpaired) electrons. The first-order chi connectivity index (χ1) is 6.66. The second-order valence-electron chi connectivity index (χ2n) is 3.77. The van der Waals surface area contributed by atoms with Crippen LogP contribution in [-0.4, -0.2) is 26.4 Å². The van der Waals surface area contributed by atoms with Crippen LogP contribution in [0.2, 0.25) is 0 Å². The monoisotopic (exact) mass is 208 g/mol. The van der Waals surface area contributed by atoms with Crippen LogP contribution in [0.5, 0.6) is 0 Å². The van der Waals surface area contributed by atoms with Crippen molar-refractivity contribution in [3.63, 3.8) is 0 Å². The van der Waals surface area contributed by atoms with Gasteiger partial charge in [-0.15, -0.1) is 0 Å². The highest BCUT2D eigenvalue weighted by Crippen LogP contribution is 2.27. The van der Waals surface area contributed by atoms with Crippen LogP contribution >= 0.6 is 11.8 Å². The van der Waals surface area contributed by atoms with Crippen LogP contribution in [0.1, 0.15) is 13.8 Å². The standard InChI is InChI=1S/C9H12N4S/c1-9(2)5-14-8(13-9)12-7-3-10-6-11-4-7/h3-4,6H,5H2,1-2H3,(H,12,13). The zero-order chi connectivity index (χ0) is 10.0.